The summed E-state index contributed by atoms with van der Waals surface area (Å²) in [6.07, 6.45) is 2.34. The van der Waals surface area contributed by atoms with Gasteiger partial charge in [-0.3, -0.25) is 0 Å². The van der Waals surface area contributed by atoms with Crippen LogP contribution < -0.4 is 5.32 Å². The molecule has 2 N–H and O–H groups in total. The summed E-state index contributed by atoms with van der Waals surface area (Å²) in [5, 5.41) is 12.0. The van der Waals surface area contributed by atoms with Gasteiger partial charge >= 0.3 is 12.0 Å². The summed E-state index contributed by atoms with van der Waals surface area (Å²) in [6.45, 7) is 7.36. The molecule has 2 atom stereocenters. The van der Waals surface area contributed by atoms with Gasteiger partial charge in [0.1, 0.15) is 6.04 Å². The Bertz CT molecular complexity index is 305. The molecule has 0 saturated carbocycles. The fraction of sp³-hybridized carbons (Fsp3) is 0.846. The van der Waals surface area contributed by atoms with Gasteiger partial charge in [-0.15, -0.1) is 0 Å². The molecule has 1 saturated heterocycles. The predicted octanol–water partition coefficient (Wildman–Crippen LogP) is 1.93. The Morgan fingerprint density at radius 3 is 2.67 bits per heavy atom. The molecule has 0 bridgehead atoms. The summed E-state index contributed by atoms with van der Waals surface area (Å²) >= 11 is 0. The molecule has 0 spiro atoms. The number of hydrogen-bond acceptors (Lipinski definition) is 2. The van der Waals surface area contributed by atoms with Crippen molar-refractivity contribution in [2.75, 3.05) is 13.1 Å². The van der Waals surface area contributed by atoms with E-state index in [0.29, 0.717) is 31.3 Å². The standard InChI is InChI=1S/C13H24N2O3/c1-9(2)4-6-14-13(18)15-7-5-10(3)8-11(15)12(16)17/h9-11H,4-8H2,1-3H3,(H,14,18)(H,16,17). The smallest absolute Gasteiger partial charge is 0.326 e. The second kappa shape index (κ2) is 6.61. The molecule has 1 aliphatic rings. The van der Waals surface area contributed by atoms with E-state index in [-0.39, 0.29) is 6.03 Å². The minimum atomic E-state index is -0.902. The Kier molecular flexibility index (Phi) is 5.44. The molecule has 0 radical (unpaired) electrons. The molecule has 18 heavy (non-hydrogen) atoms. The van der Waals surface area contributed by atoms with E-state index >= 15 is 0 Å². The lowest BCUT2D eigenvalue weighted by molar-refractivity contribution is -0.143. The van der Waals surface area contributed by atoms with Gasteiger partial charge in [0.15, 0.2) is 0 Å². The number of carboxylic acids is 1. The van der Waals surface area contributed by atoms with E-state index in [1.165, 1.54) is 4.90 Å². The van der Waals surface area contributed by atoms with Gasteiger partial charge in [0.05, 0.1) is 0 Å². The van der Waals surface area contributed by atoms with Crippen LogP contribution in [0.2, 0.25) is 0 Å². The van der Waals surface area contributed by atoms with E-state index in [2.05, 4.69) is 19.2 Å². The quantitative estimate of drug-likeness (QED) is 0.807. The topological polar surface area (TPSA) is 69.6 Å². The third kappa shape index (κ3) is 4.20. The van der Waals surface area contributed by atoms with E-state index in [1.54, 1.807) is 0 Å². The highest BCUT2D eigenvalue weighted by atomic mass is 16.4. The highest BCUT2D eigenvalue weighted by Gasteiger charge is 2.34. The predicted molar refractivity (Wildman–Crippen MR) is 69.4 cm³/mol. The maximum absolute atomic E-state index is 12.0. The van der Waals surface area contributed by atoms with Crippen LogP contribution in [0.15, 0.2) is 0 Å². The molecular weight excluding hydrogens is 232 g/mol. The van der Waals surface area contributed by atoms with Gasteiger partial charge in [-0.25, -0.2) is 9.59 Å². The molecule has 2 unspecified atom stereocenters. The van der Waals surface area contributed by atoms with Crippen LogP contribution in [0.1, 0.15) is 40.0 Å². The Morgan fingerprint density at radius 1 is 1.44 bits per heavy atom. The van der Waals surface area contributed by atoms with Crippen molar-refractivity contribution in [3.05, 3.63) is 0 Å². The van der Waals surface area contributed by atoms with Crippen LogP contribution >= 0.6 is 0 Å². The van der Waals surface area contributed by atoms with Gasteiger partial charge in [0.25, 0.3) is 0 Å². The van der Waals surface area contributed by atoms with Crippen LogP contribution in [0.3, 0.4) is 0 Å². The van der Waals surface area contributed by atoms with E-state index in [9.17, 15) is 9.59 Å². The van der Waals surface area contributed by atoms with Crippen LogP contribution in [-0.2, 0) is 4.79 Å². The second-order valence-corrected chi connectivity index (χ2v) is 5.59. The number of carbonyl (C=O) groups excluding carboxylic acids is 1. The van der Waals surface area contributed by atoms with Crippen molar-refractivity contribution in [2.45, 2.75) is 46.1 Å². The monoisotopic (exact) mass is 256 g/mol. The first-order valence-corrected chi connectivity index (χ1v) is 6.69. The van der Waals surface area contributed by atoms with Crippen molar-refractivity contribution in [1.29, 1.82) is 0 Å². The summed E-state index contributed by atoms with van der Waals surface area (Å²) in [5.41, 5.74) is 0. The van der Waals surface area contributed by atoms with E-state index in [1.807, 2.05) is 6.92 Å². The number of rotatable bonds is 4. The number of aliphatic carboxylic acids is 1. The Labute approximate surface area is 109 Å². The average molecular weight is 256 g/mol. The molecule has 2 amide bonds. The molecule has 1 aliphatic heterocycles. The lowest BCUT2D eigenvalue weighted by Crippen LogP contribution is -2.53. The molecule has 1 heterocycles. The molecule has 0 aromatic heterocycles. The molecule has 1 rings (SSSR count). The summed E-state index contributed by atoms with van der Waals surface area (Å²) in [6, 6.07) is -0.914. The third-order valence-electron chi connectivity index (χ3n) is 3.41. The summed E-state index contributed by atoms with van der Waals surface area (Å²) in [7, 11) is 0. The second-order valence-electron chi connectivity index (χ2n) is 5.59. The van der Waals surface area contributed by atoms with Crippen molar-refractivity contribution in [1.82, 2.24) is 10.2 Å². The van der Waals surface area contributed by atoms with Gasteiger partial charge in [0, 0.05) is 13.1 Å². The van der Waals surface area contributed by atoms with Crippen LogP contribution in [0.4, 0.5) is 4.79 Å². The molecule has 1 fully saturated rings. The molecule has 5 nitrogen and oxygen atoms in total. The number of piperidine rings is 1. The summed E-state index contributed by atoms with van der Waals surface area (Å²) in [5.74, 6) is -0.00618. The number of carbonyl (C=O) groups is 2. The van der Waals surface area contributed by atoms with Crippen LogP contribution in [0.5, 0.6) is 0 Å². The third-order valence-corrected chi connectivity index (χ3v) is 3.41. The van der Waals surface area contributed by atoms with Gasteiger partial charge in [-0.05, 0) is 31.1 Å². The Morgan fingerprint density at radius 2 is 2.11 bits per heavy atom. The minimum absolute atomic E-state index is 0.241. The van der Waals surface area contributed by atoms with Crippen molar-refractivity contribution in [2.24, 2.45) is 11.8 Å². The lowest BCUT2D eigenvalue weighted by Gasteiger charge is -2.35. The molecule has 0 aromatic carbocycles. The fourth-order valence-electron chi connectivity index (χ4n) is 2.19. The summed E-state index contributed by atoms with van der Waals surface area (Å²) in [4.78, 5) is 24.6. The van der Waals surface area contributed by atoms with Crippen molar-refractivity contribution < 1.29 is 14.7 Å². The minimum Gasteiger partial charge on any atom is -0.480 e. The van der Waals surface area contributed by atoms with Crippen molar-refractivity contribution in [3.63, 3.8) is 0 Å². The van der Waals surface area contributed by atoms with Crippen LogP contribution in [-0.4, -0.2) is 41.1 Å². The molecule has 5 heteroatoms. The number of amides is 2. The van der Waals surface area contributed by atoms with E-state index in [0.717, 1.165) is 12.8 Å². The van der Waals surface area contributed by atoms with Crippen molar-refractivity contribution in [3.8, 4) is 0 Å². The maximum Gasteiger partial charge on any atom is 0.326 e. The number of nitrogens with zero attached hydrogens (tertiary/aromatic N) is 1. The largest absolute Gasteiger partial charge is 0.480 e. The summed E-state index contributed by atoms with van der Waals surface area (Å²) < 4.78 is 0. The highest BCUT2D eigenvalue weighted by Crippen LogP contribution is 2.22. The highest BCUT2D eigenvalue weighted by molar-refractivity contribution is 5.82. The fourth-order valence-corrected chi connectivity index (χ4v) is 2.19. The zero-order valence-corrected chi connectivity index (χ0v) is 11.5. The maximum atomic E-state index is 12.0. The SMILES string of the molecule is CC(C)CCNC(=O)N1CCC(C)CC1C(=O)O. The first-order chi connectivity index (χ1) is 8.41. The van der Waals surface area contributed by atoms with Gasteiger partial charge < -0.3 is 15.3 Å². The zero-order valence-electron chi connectivity index (χ0n) is 11.5. The number of nitrogens with one attached hydrogen (secondary N) is 1. The van der Waals surface area contributed by atoms with E-state index in [4.69, 9.17) is 5.11 Å². The van der Waals surface area contributed by atoms with Crippen LogP contribution in [0.25, 0.3) is 0 Å². The first kappa shape index (κ1) is 14.8. The number of carboxylic acid groups (broad SMARTS) is 1. The number of hydrogen-bond donors (Lipinski definition) is 2. The Hall–Kier alpha value is -1.26. The van der Waals surface area contributed by atoms with Gasteiger partial charge in [-0.1, -0.05) is 20.8 Å². The van der Waals surface area contributed by atoms with Crippen LogP contribution in [0, 0.1) is 11.8 Å². The Balaban J connectivity index is 2.51. The van der Waals surface area contributed by atoms with Gasteiger partial charge in [-0.2, -0.15) is 0 Å². The van der Waals surface area contributed by atoms with E-state index < -0.39 is 12.0 Å². The molecule has 0 aliphatic carbocycles. The van der Waals surface area contributed by atoms with Crippen molar-refractivity contribution >= 4 is 12.0 Å². The first-order valence-electron chi connectivity index (χ1n) is 6.69. The number of likely N-dealkylation sites (tertiary alicyclic amines) is 1. The lowest BCUT2D eigenvalue weighted by atomic mass is 9.93. The van der Waals surface area contributed by atoms with Gasteiger partial charge in [0.2, 0.25) is 0 Å². The zero-order chi connectivity index (χ0) is 13.7. The normalized spacial score (nSPS) is 24.1. The molecule has 0 aromatic rings. The molecule has 104 valence electrons. The number of urea groups is 1. The average Bonchev–Trinajstić information content (AvgIpc) is 2.28. The molecular formula is C13H24N2O3.